The van der Waals surface area contributed by atoms with Crippen molar-refractivity contribution in [3.05, 3.63) is 66.1 Å². The van der Waals surface area contributed by atoms with Gasteiger partial charge in [-0.05, 0) is 37.3 Å². The summed E-state index contributed by atoms with van der Waals surface area (Å²) in [6.45, 7) is 4.17. The first-order valence-corrected chi connectivity index (χ1v) is 11.4. The summed E-state index contributed by atoms with van der Waals surface area (Å²) in [6.07, 6.45) is 3.58. The molecule has 0 bridgehead atoms. The van der Waals surface area contributed by atoms with E-state index in [1.807, 2.05) is 43.3 Å². The molecule has 5 rings (SSSR count). The smallest absolute Gasteiger partial charge is 0.272 e. The highest BCUT2D eigenvalue weighted by Gasteiger charge is 2.38. The number of hydrogen-bond donors (Lipinski definition) is 1. The van der Waals surface area contributed by atoms with Gasteiger partial charge in [0.2, 0.25) is 11.8 Å². The molecule has 0 saturated carbocycles. The van der Waals surface area contributed by atoms with Gasteiger partial charge in [-0.15, -0.1) is 0 Å². The monoisotopic (exact) mass is 458 g/mol. The van der Waals surface area contributed by atoms with Crippen LogP contribution in [0.25, 0.3) is 11.3 Å². The Morgan fingerprint density at radius 3 is 2.35 bits per heavy atom. The average Bonchev–Trinajstić information content (AvgIpc) is 3.52. The Hall–Kier alpha value is -4.01. The molecule has 2 aliphatic heterocycles. The number of rotatable bonds is 4. The predicted octanol–water partition coefficient (Wildman–Crippen LogP) is 2.12. The van der Waals surface area contributed by atoms with Gasteiger partial charge in [0.25, 0.3) is 5.91 Å². The van der Waals surface area contributed by atoms with Gasteiger partial charge >= 0.3 is 0 Å². The van der Waals surface area contributed by atoms with E-state index in [0.717, 1.165) is 16.8 Å². The Balaban J connectivity index is 1.17. The molecular weight excluding hydrogens is 432 g/mol. The molecule has 0 spiro atoms. The first-order valence-electron chi connectivity index (χ1n) is 11.4. The van der Waals surface area contributed by atoms with Gasteiger partial charge in [0, 0.05) is 62.8 Å². The fourth-order valence-electron chi connectivity index (χ4n) is 4.51. The van der Waals surface area contributed by atoms with Gasteiger partial charge in [0.1, 0.15) is 5.69 Å². The van der Waals surface area contributed by atoms with E-state index >= 15 is 0 Å². The normalized spacial score (nSPS) is 18.4. The molecule has 2 fully saturated rings. The van der Waals surface area contributed by atoms with Crippen LogP contribution in [-0.4, -0.2) is 75.4 Å². The van der Waals surface area contributed by atoms with Crippen molar-refractivity contribution in [2.75, 3.05) is 37.6 Å². The van der Waals surface area contributed by atoms with Crippen LogP contribution in [0.2, 0.25) is 0 Å². The Kier molecular flexibility index (Phi) is 5.83. The number of piperazine rings is 1. The SMILES string of the molecule is Cc1ccc(N2C[C@@H](C(=O)N3CCN(C(=O)c4cc(-c5ccncc5)n[nH]4)CC3)CC2=O)cc1. The molecule has 3 aromatic rings. The Morgan fingerprint density at radius 2 is 1.65 bits per heavy atom. The van der Waals surface area contributed by atoms with Crippen LogP contribution < -0.4 is 4.90 Å². The fraction of sp³-hybridized carbons (Fsp3) is 0.320. The van der Waals surface area contributed by atoms with Crippen molar-refractivity contribution >= 4 is 23.4 Å². The van der Waals surface area contributed by atoms with Crippen molar-refractivity contribution in [3.63, 3.8) is 0 Å². The van der Waals surface area contributed by atoms with E-state index in [9.17, 15) is 14.4 Å². The summed E-state index contributed by atoms with van der Waals surface area (Å²) in [7, 11) is 0. The van der Waals surface area contributed by atoms with Crippen LogP contribution in [0.3, 0.4) is 0 Å². The number of aromatic amines is 1. The molecule has 1 aromatic carbocycles. The van der Waals surface area contributed by atoms with E-state index in [2.05, 4.69) is 15.2 Å². The number of hydrogen-bond acceptors (Lipinski definition) is 5. The number of H-pyrrole nitrogens is 1. The zero-order valence-corrected chi connectivity index (χ0v) is 19.0. The number of benzene rings is 1. The Morgan fingerprint density at radius 1 is 0.971 bits per heavy atom. The van der Waals surface area contributed by atoms with E-state index in [4.69, 9.17) is 0 Å². The number of nitrogens with one attached hydrogen (secondary N) is 1. The van der Waals surface area contributed by atoms with Crippen LogP contribution in [0.15, 0.2) is 54.9 Å². The van der Waals surface area contributed by atoms with Crippen LogP contribution >= 0.6 is 0 Å². The van der Waals surface area contributed by atoms with Crippen LogP contribution in [0.4, 0.5) is 5.69 Å². The van der Waals surface area contributed by atoms with Crippen molar-refractivity contribution in [1.29, 1.82) is 0 Å². The average molecular weight is 459 g/mol. The van der Waals surface area contributed by atoms with E-state index in [0.29, 0.717) is 44.1 Å². The number of amides is 3. The standard InChI is InChI=1S/C25H26N6O3/c1-17-2-4-20(5-3-17)31-16-19(14-23(31)32)24(33)29-10-12-30(13-11-29)25(34)22-15-21(27-28-22)18-6-8-26-9-7-18/h2-9,15,19H,10-14,16H2,1H3,(H,27,28)/t19-/m0/s1. The zero-order chi connectivity index (χ0) is 23.7. The number of aryl methyl sites for hydroxylation is 1. The maximum atomic E-state index is 13.1. The van der Waals surface area contributed by atoms with Gasteiger partial charge in [-0.2, -0.15) is 5.10 Å². The third-order valence-corrected chi connectivity index (χ3v) is 6.48. The predicted molar refractivity (Wildman–Crippen MR) is 126 cm³/mol. The molecule has 0 radical (unpaired) electrons. The van der Waals surface area contributed by atoms with E-state index in [1.54, 1.807) is 33.2 Å². The molecule has 9 nitrogen and oxygen atoms in total. The van der Waals surface area contributed by atoms with Crippen molar-refractivity contribution in [2.24, 2.45) is 5.92 Å². The summed E-state index contributed by atoms with van der Waals surface area (Å²) in [5, 5.41) is 7.06. The summed E-state index contributed by atoms with van der Waals surface area (Å²) in [6, 6.07) is 13.2. The summed E-state index contributed by atoms with van der Waals surface area (Å²) < 4.78 is 0. The Labute approximate surface area is 197 Å². The lowest BCUT2D eigenvalue weighted by Gasteiger charge is -2.35. The molecule has 2 saturated heterocycles. The quantitative estimate of drug-likeness (QED) is 0.645. The van der Waals surface area contributed by atoms with Gasteiger partial charge in [-0.1, -0.05) is 17.7 Å². The maximum absolute atomic E-state index is 13.1. The zero-order valence-electron chi connectivity index (χ0n) is 19.0. The number of pyridine rings is 1. The molecule has 9 heteroatoms. The van der Waals surface area contributed by atoms with Gasteiger partial charge in [0.05, 0.1) is 11.6 Å². The molecule has 1 atom stereocenters. The molecule has 34 heavy (non-hydrogen) atoms. The number of aromatic nitrogens is 3. The largest absolute Gasteiger partial charge is 0.339 e. The van der Waals surface area contributed by atoms with E-state index in [1.165, 1.54) is 0 Å². The lowest BCUT2D eigenvalue weighted by molar-refractivity contribution is -0.137. The molecule has 2 aliphatic rings. The molecule has 0 unspecified atom stereocenters. The lowest BCUT2D eigenvalue weighted by Crippen LogP contribution is -2.52. The minimum absolute atomic E-state index is 0.0171. The molecule has 174 valence electrons. The molecule has 1 N–H and O–H groups in total. The van der Waals surface area contributed by atoms with Gasteiger partial charge in [0.15, 0.2) is 0 Å². The summed E-state index contributed by atoms with van der Waals surface area (Å²) in [5.74, 6) is -0.537. The number of nitrogens with zero attached hydrogens (tertiary/aromatic N) is 5. The highest BCUT2D eigenvalue weighted by Crippen LogP contribution is 2.27. The highest BCUT2D eigenvalue weighted by atomic mass is 16.2. The molecule has 3 amide bonds. The highest BCUT2D eigenvalue weighted by molar-refractivity contribution is 6.00. The third-order valence-electron chi connectivity index (χ3n) is 6.48. The number of anilines is 1. The maximum Gasteiger partial charge on any atom is 0.272 e. The van der Waals surface area contributed by atoms with Gasteiger partial charge < -0.3 is 14.7 Å². The lowest BCUT2D eigenvalue weighted by atomic mass is 10.1. The van der Waals surface area contributed by atoms with Crippen LogP contribution in [0.1, 0.15) is 22.5 Å². The molecular formula is C25H26N6O3. The number of carbonyl (C=O) groups is 3. The van der Waals surface area contributed by atoms with E-state index < -0.39 is 0 Å². The summed E-state index contributed by atoms with van der Waals surface area (Å²) >= 11 is 0. The molecule has 0 aliphatic carbocycles. The molecule has 4 heterocycles. The van der Waals surface area contributed by atoms with Gasteiger partial charge in [-0.25, -0.2) is 0 Å². The van der Waals surface area contributed by atoms with Crippen LogP contribution in [-0.2, 0) is 9.59 Å². The van der Waals surface area contributed by atoms with Crippen molar-refractivity contribution in [2.45, 2.75) is 13.3 Å². The second-order valence-electron chi connectivity index (χ2n) is 8.76. The van der Waals surface area contributed by atoms with Crippen molar-refractivity contribution in [1.82, 2.24) is 25.0 Å². The molecule has 2 aromatic heterocycles. The minimum atomic E-state index is -0.355. The first-order chi connectivity index (χ1) is 16.5. The van der Waals surface area contributed by atoms with Crippen LogP contribution in [0, 0.1) is 12.8 Å². The third kappa shape index (κ3) is 4.28. The van der Waals surface area contributed by atoms with Gasteiger partial charge in [-0.3, -0.25) is 24.5 Å². The Bertz CT molecular complexity index is 1200. The van der Waals surface area contributed by atoms with E-state index in [-0.39, 0.29) is 30.1 Å². The topological polar surface area (TPSA) is 102 Å². The minimum Gasteiger partial charge on any atom is -0.339 e. The second kappa shape index (κ2) is 9.09. The van der Waals surface area contributed by atoms with Crippen molar-refractivity contribution in [3.8, 4) is 11.3 Å². The van der Waals surface area contributed by atoms with Crippen molar-refractivity contribution < 1.29 is 14.4 Å². The summed E-state index contributed by atoms with van der Waals surface area (Å²) in [5.41, 5.74) is 3.93. The number of carbonyl (C=O) groups excluding carboxylic acids is 3. The summed E-state index contributed by atoms with van der Waals surface area (Å²) in [4.78, 5) is 47.8. The van der Waals surface area contributed by atoms with Crippen LogP contribution in [0.5, 0.6) is 0 Å². The second-order valence-corrected chi connectivity index (χ2v) is 8.76. The fourth-order valence-corrected chi connectivity index (χ4v) is 4.51. The first kappa shape index (κ1) is 21.8.